The summed E-state index contributed by atoms with van der Waals surface area (Å²) in [6, 6.07) is 5.38. The topological polar surface area (TPSA) is 128 Å². The third kappa shape index (κ3) is 5.82. The molecule has 1 aromatic rings. The predicted octanol–water partition coefficient (Wildman–Crippen LogP) is 1.11. The largest absolute Gasteiger partial charge is 0.378 e. The highest BCUT2D eigenvalue weighted by Gasteiger charge is 2.56. The van der Waals surface area contributed by atoms with E-state index < -0.39 is 23.7 Å². The second-order valence-corrected chi connectivity index (χ2v) is 12.2. The molecule has 3 aliphatic heterocycles. The average Bonchev–Trinajstić information content (AvgIpc) is 3.51. The van der Waals surface area contributed by atoms with Crippen LogP contribution in [0.25, 0.3) is 0 Å². The van der Waals surface area contributed by atoms with Crippen LogP contribution >= 0.6 is 0 Å². The fourth-order valence-corrected chi connectivity index (χ4v) is 6.65. The molecule has 0 radical (unpaired) electrons. The van der Waals surface area contributed by atoms with Gasteiger partial charge in [0.1, 0.15) is 17.6 Å². The van der Waals surface area contributed by atoms with E-state index in [2.05, 4.69) is 15.5 Å². The Labute approximate surface area is 240 Å². The van der Waals surface area contributed by atoms with Gasteiger partial charge < -0.3 is 30.1 Å². The summed E-state index contributed by atoms with van der Waals surface area (Å²) in [5, 5.41) is 5.75. The molecule has 1 aromatic carbocycles. The van der Waals surface area contributed by atoms with E-state index in [4.69, 9.17) is 4.74 Å². The molecule has 11 nitrogen and oxygen atoms in total. The van der Waals surface area contributed by atoms with Crippen LogP contribution in [-0.4, -0.2) is 102 Å². The first-order valence-electron chi connectivity index (χ1n) is 14.8. The number of fused-ring (bicyclic) bond motifs is 1. The summed E-state index contributed by atoms with van der Waals surface area (Å²) in [5.41, 5.74) is 0.522. The van der Waals surface area contributed by atoms with Crippen LogP contribution in [0.4, 0.5) is 5.69 Å². The molecule has 3 saturated heterocycles. The summed E-state index contributed by atoms with van der Waals surface area (Å²) in [6.07, 6.45) is 2.83. The monoisotopic (exact) mass is 567 g/mol. The van der Waals surface area contributed by atoms with Crippen LogP contribution in [0.1, 0.15) is 63.2 Å². The van der Waals surface area contributed by atoms with Crippen LogP contribution in [0.2, 0.25) is 0 Å². The summed E-state index contributed by atoms with van der Waals surface area (Å²) in [7, 11) is 0. The number of nitrogens with zero attached hydrogens (tertiary/aromatic N) is 3. The number of nitrogens with one attached hydrogen (secondary N) is 2. The number of Topliss-reactive ketones (excluding diaryl/α,β-unsaturated/α-hetero) is 1. The van der Waals surface area contributed by atoms with Gasteiger partial charge in [-0.15, -0.1) is 0 Å². The number of hydrogen-bond acceptors (Lipinski definition) is 7. The molecule has 1 aliphatic carbocycles. The molecule has 4 fully saturated rings. The van der Waals surface area contributed by atoms with Gasteiger partial charge in [0.2, 0.25) is 17.7 Å². The number of morpholine rings is 1. The second-order valence-electron chi connectivity index (χ2n) is 12.2. The second kappa shape index (κ2) is 11.8. The summed E-state index contributed by atoms with van der Waals surface area (Å²) >= 11 is 0. The van der Waals surface area contributed by atoms with Crippen LogP contribution in [0, 0.1) is 5.92 Å². The van der Waals surface area contributed by atoms with Crippen molar-refractivity contribution < 1.29 is 28.7 Å². The maximum atomic E-state index is 13.9. The lowest BCUT2D eigenvalue weighted by Crippen LogP contribution is -2.64. The minimum atomic E-state index is -0.954. The van der Waals surface area contributed by atoms with Crippen LogP contribution in [0.15, 0.2) is 24.3 Å². The number of hydrogen-bond donors (Lipinski definition) is 2. The molecule has 41 heavy (non-hydrogen) atoms. The lowest BCUT2D eigenvalue weighted by molar-refractivity contribution is -0.146. The molecule has 1 saturated carbocycles. The zero-order valence-electron chi connectivity index (χ0n) is 24.2. The summed E-state index contributed by atoms with van der Waals surface area (Å²) < 4.78 is 5.41. The zero-order chi connectivity index (χ0) is 29.3. The Kier molecular flexibility index (Phi) is 8.35. The van der Waals surface area contributed by atoms with Crippen molar-refractivity contribution in [3.8, 4) is 0 Å². The first kappa shape index (κ1) is 29.0. The van der Waals surface area contributed by atoms with Crippen molar-refractivity contribution >= 4 is 35.1 Å². The van der Waals surface area contributed by atoms with Crippen molar-refractivity contribution in [2.75, 3.05) is 44.3 Å². The number of carbonyl (C=O) groups is 5. The van der Waals surface area contributed by atoms with Crippen molar-refractivity contribution in [2.45, 2.75) is 76.5 Å². The minimum absolute atomic E-state index is 0.0734. The fourth-order valence-electron chi connectivity index (χ4n) is 6.65. The van der Waals surface area contributed by atoms with E-state index in [0.29, 0.717) is 51.0 Å². The van der Waals surface area contributed by atoms with Gasteiger partial charge in [0.15, 0.2) is 5.78 Å². The minimum Gasteiger partial charge on any atom is -0.378 e. The molecule has 0 aromatic heterocycles. The number of benzene rings is 1. The molecule has 0 bridgehead atoms. The van der Waals surface area contributed by atoms with E-state index in [1.807, 2.05) is 26.0 Å². The molecule has 5 rings (SSSR count). The van der Waals surface area contributed by atoms with E-state index in [-0.39, 0.29) is 41.9 Å². The van der Waals surface area contributed by atoms with E-state index >= 15 is 0 Å². The Morgan fingerprint density at radius 3 is 2.29 bits per heavy atom. The third-order valence-corrected chi connectivity index (χ3v) is 8.81. The summed E-state index contributed by atoms with van der Waals surface area (Å²) in [4.78, 5) is 71.0. The van der Waals surface area contributed by atoms with Crippen molar-refractivity contribution in [3.63, 3.8) is 0 Å². The van der Waals surface area contributed by atoms with E-state index in [0.717, 1.165) is 25.2 Å². The van der Waals surface area contributed by atoms with Gasteiger partial charge in [-0.3, -0.25) is 24.0 Å². The van der Waals surface area contributed by atoms with Crippen LogP contribution in [-0.2, 0) is 23.9 Å². The normalized spacial score (nSPS) is 24.1. The van der Waals surface area contributed by atoms with Gasteiger partial charge in [-0.1, -0.05) is 13.8 Å². The van der Waals surface area contributed by atoms with Gasteiger partial charge in [-0.25, -0.2) is 0 Å². The zero-order valence-corrected chi connectivity index (χ0v) is 24.2. The Morgan fingerprint density at radius 2 is 1.71 bits per heavy atom. The van der Waals surface area contributed by atoms with Crippen LogP contribution < -0.4 is 15.5 Å². The number of ether oxygens (including phenoxy) is 1. The first-order valence-corrected chi connectivity index (χ1v) is 14.8. The molecule has 222 valence electrons. The summed E-state index contributed by atoms with van der Waals surface area (Å²) in [6.45, 7) is 8.55. The highest BCUT2D eigenvalue weighted by molar-refractivity contribution is 6.02. The van der Waals surface area contributed by atoms with E-state index in [9.17, 15) is 24.0 Å². The average molecular weight is 568 g/mol. The van der Waals surface area contributed by atoms with Gasteiger partial charge in [-0.2, -0.15) is 0 Å². The molecule has 4 aliphatic rings. The predicted molar refractivity (Wildman–Crippen MR) is 151 cm³/mol. The third-order valence-electron chi connectivity index (χ3n) is 8.81. The quantitative estimate of drug-likeness (QED) is 0.482. The van der Waals surface area contributed by atoms with E-state index in [1.54, 1.807) is 21.9 Å². The summed E-state index contributed by atoms with van der Waals surface area (Å²) in [5.74, 6) is -1.20. The van der Waals surface area contributed by atoms with Gasteiger partial charge in [0.25, 0.3) is 5.91 Å². The maximum Gasteiger partial charge on any atom is 0.251 e. The Balaban J connectivity index is 1.27. The molecule has 3 heterocycles. The molecule has 3 atom stereocenters. The molecule has 0 spiro atoms. The van der Waals surface area contributed by atoms with Crippen LogP contribution in [0.3, 0.4) is 0 Å². The smallest absolute Gasteiger partial charge is 0.251 e. The van der Waals surface area contributed by atoms with Crippen LogP contribution in [0.5, 0.6) is 0 Å². The molecular weight excluding hydrogens is 526 g/mol. The van der Waals surface area contributed by atoms with Crippen molar-refractivity contribution in [3.05, 3.63) is 29.8 Å². The number of amides is 4. The first-order chi connectivity index (χ1) is 19.6. The van der Waals surface area contributed by atoms with Gasteiger partial charge >= 0.3 is 0 Å². The SMILES string of the molecule is CC(=O)NC1(C(=O)N2CC(=O)C3C2CCN3C(=O)C(CC(C)C)NC(=O)c2ccc(N3CCOCC3)cc2)CCC1. The molecule has 4 amide bonds. The van der Waals surface area contributed by atoms with Crippen molar-refractivity contribution in [1.82, 2.24) is 20.4 Å². The Hall–Kier alpha value is -3.47. The molecule has 2 N–H and O–H groups in total. The van der Waals surface area contributed by atoms with E-state index in [1.165, 1.54) is 6.92 Å². The van der Waals surface area contributed by atoms with Gasteiger partial charge in [0.05, 0.1) is 25.8 Å². The number of rotatable bonds is 8. The Morgan fingerprint density at radius 1 is 1.02 bits per heavy atom. The number of anilines is 1. The van der Waals surface area contributed by atoms with Crippen molar-refractivity contribution in [2.24, 2.45) is 5.92 Å². The van der Waals surface area contributed by atoms with Gasteiger partial charge in [0, 0.05) is 37.8 Å². The lowest BCUT2D eigenvalue weighted by atomic mass is 9.75. The number of carbonyl (C=O) groups excluding carboxylic acids is 5. The molecular formula is C30H41N5O6. The number of likely N-dealkylation sites (tertiary alicyclic amines) is 2. The Bertz CT molecular complexity index is 1190. The highest BCUT2D eigenvalue weighted by atomic mass is 16.5. The van der Waals surface area contributed by atoms with Gasteiger partial charge in [-0.05, 0) is 62.3 Å². The lowest BCUT2D eigenvalue weighted by Gasteiger charge is -2.43. The molecule has 11 heteroatoms. The highest BCUT2D eigenvalue weighted by Crippen LogP contribution is 2.38. The standard InChI is InChI=1S/C30H41N5O6/c1-19(2)17-23(31-27(38)21-5-7-22(8-6-21)33-13-15-41-16-14-33)28(39)34-12-9-24-26(34)25(37)18-35(24)29(40)30(10-4-11-30)32-20(3)36/h5-8,19,23-24,26H,4,9-18H2,1-3H3,(H,31,38)(H,32,36). The number of ketones is 1. The maximum absolute atomic E-state index is 13.9. The van der Waals surface area contributed by atoms with Crippen molar-refractivity contribution in [1.29, 1.82) is 0 Å². The fraction of sp³-hybridized carbons (Fsp3) is 0.633. The molecule has 3 unspecified atom stereocenters.